The quantitative estimate of drug-likeness (QED) is 0.0859. The van der Waals surface area contributed by atoms with E-state index in [2.05, 4.69) is 210 Å². The molecule has 9 aromatic rings. The Bertz CT molecular complexity index is 2250. The van der Waals surface area contributed by atoms with Gasteiger partial charge in [0.1, 0.15) is 0 Å². The average Bonchev–Trinajstić information content (AvgIpc) is 3.27. The van der Waals surface area contributed by atoms with E-state index in [0.717, 1.165) is 0 Å². The molecule has 0 nitrogen and oxygen atoms in total. The van der Waals surface area contributed by atoms with Crippen molar-refractivity contribution in [3.63, 3.8) is 0 Å². The van der Waals surface area contributed by atoms with Crippen LogP contribution in [0.4, 0.5) is 0 Å². The SMILES string of the molecule is [Cl-].[Cl][Rh+2].[c-]1ccccc1.c1ccc(P(c2ccccc2)c2ccc3ccccc3c2-c2c(P(c3ccccc3)c3ccccc3)ccc3ccccc23)cc1. The molecule has 0 amide bonds. The van der Waals surface area contributed by atoms with Crippen LogP contribution >= 0.6 is 25.5 Å². The van der Waals surface area contributed by atoms with Crippen LogP contribution in [0.15, 0.2) is 224 Å². The van der Waals surface area contributed by atoms with Gasteiger partial charge >= 0.3 is 27.0 Å². The minimum Gasteiger partial charge on any atom is -0.184 e. The van der Waals surface area contributed by atoms with Crippen LogP contribution < -0.4 is 44.2 Å². The molecule has 0 atom stereocenters. The molecule has 9 rings (SSSR count). The van der Waals surface area contributed by atoms with Gasteiger partial charge in [-0.05, 0) is 80.3 Å². The molecule has 0 fully saturated rings. The van der Waals surface area contributed by atoms with Gasteiger partial charge in [0, 0.05) is 0 Å². The van der Waals surface area contributed by atoms with Gasteiger partial charge in [0.05, 0.1) is 0 Å². The van der Waals surface area contributed by atoms with Gasteiger partial charge in [-0.15, -0.1) is 0 Å². The molecular weight excluding hydrogens is 836 g/mol. The monoisotopic (exact) mass is 872 g/mol. The largest absolute Gasteiger partial charge is 0.184 e. The molecule has 5 heteroatoms. The molecule has 0 spiro atoms. The summed E-state index contributed by atoms with van der Waals surface area (Å²) in [7, 11) is 2.82. The van der Waals surface area contributed by atoms with Crippen LogP contribution in [0.2, 0.25) is 0 Å². The fraction of sp³-hybridized carbons (Fsp3) is 0. The first kappa shape index (κ1) is 40.2. The molecule has 270 valence electrons. The van der Waals surface area contributed by atoms with Crippen molar-refractivity contribution in [1.82, 2.24) is 0 Å². The summed E-state index contributed by atoms with van der Waals surface area (Å²) in [5.74, 6) is 0. The van der Waals surface area contributed by atoms with Crippen LogP contribution in [-0.4, -0.2) is 0 Å². The summed E-state index contributed by atoms with van der Waals surface area (Å²) in [5, 5.41) is 13.3. The van der Waals surface area contributed by atoms with Gasteiger partial charge in [-0.25, -0.2) is 0 Å². The Morgan fingerprint density at radius 3 is 0.909 bits per heavy atom. The first-order valence-corrected chi connectivity index (χ1v) is 22.5. The fourth-order valence-electron chi connectivity index (χ4n) is 6.92. The van der Waals surface area contributed by atoms with E-state index in [1.54, 1.807) is 0 Å². The van der Waals surface area contributed by atoms with Crippen molar-refractivity contribution in [3.05, 3.63) is 231 Å². The van der Waals surface area contributed by atoms with Crippen LogP contribution in [-0.2, 0) is 17.3 Å². The molecule has 0 radical (unpaired) electrons. The molecule has 0 unspecified atom stereocenters. The van der Waals surface area contributed by atoms with Crippen molar-refractivity contribution < 1.29 is 29.7 Å². The van der Waals surface area contributed by atoms with E-state index in [4.69, 9.17) is 0 Å². The van der Waals surface area contributed by atoms with E-state index in [1.807, 2.05) is 47.6 Å². The zero-order chi connectivity index (χ0) is 37.0. The standard InChI is InChI=1S/C44H32P2.C6H5.2ClH.Rh/c1-5-19-35(20-6-1)45(36-21-7-2-8-22-36)41-31-29-33-17-13-15-27-39(33)43(41)44-40-28-16-14-18-34(40)30-32-42(44)46(37-23-9-3-10-24-37)38-25-11-4-12-26-38;1-2-4-6-5-3-1;;;/h1-32H;1-5H;2*1H;/q;-1;;;+3/p-2. The summed E-state index contributed by atoms with van der Waals surface area (Å²) in [5.41, 5.74) is 2.70. The topological polar surface area (TPSA) is 0 Å². The Morgan fingerprint density at radius 1 is 0.327 bits per heavy atom. The Balaban J connectivity index is 0.000000517. The second-order valence-corrected chi connectivity index (χ2v) is 16.8. The third-order valence-electron chi connectivity index (χ3n) is 9.21. The number of rotatable bonds is 7. The smallest absolute Gasteiger partial charge is 0.000884 e. The third kappa shape index (κ3) is 9.34. The van der Waals surface area contributed by atoms with Gasteiger partial charge < -0.3 is 12.4 Å². The van der Waals surface area contributed by atoms with Gasteiger partial charge in [0.2, 0.25) is 0 Å². The predicted molar refractivity (Wildman–Crippen MR) is 235 cm³/mol. The minimum atomic E-state index is -0.852. The van der Waals surface area contributed by atoms with Crippen molar-refractivity contribution in [2.24, 2.45) is 0 Å². The first-order chi connectivity index (χ1) is 26.9. The van der Waals surface area contributed by atoms with E-state index >= 15 is 0 Å². The van der Waals surface area contributed by atoms with Crippen molar-refractivity contribution in [2.45, 2.75) is 0 Å². The Labute approximate surface area is 347 Å². The van der Waals surface area contributed by atoms with Gasteiger partial charge in [0.15, 0.2) is 0 Å². The molecular formula is C50H37Cl2P2Rh. The summed E-state index contributed by atoms with van der Waals surface area (Å²) in [4.78, 5) is 0. The number of hydrogen-bond acceptors (Lipinski definition) is 0. The van der Waals surface area contributed by atoms with E-state index in [0.29, 0.717) is 0 Å². The zero-order valence-electron chi connectivity index (χ0n) is 29.8. The van der Waals surface area contributed by atoms with E-state index in [9.17, 15) is 0 Å². The maximum absolute atomic E-state index is 4.53. The molecule has 55 heavy (non-hydrogen) atoms. The average molecular weight is 874 g/mol. The molecule has 0 N–H and O–H groups in total. The van der Waals surface area contributed by atoms with Crippen molar-refractivity contribution in [1.29, 1.82) is 0 Å². The Kier molecular flexibility index (Phi) is 15.0. The maximum atomic E-state index is 4.53. The van der Waals surface area contributed by atoms with Crippen molar-refractivity contribution >= 4 is 78.9 Å². The second-order valence-electron chi connectivity index (χ2n) is 12.5. The third-order valence-corrected chi connectivity index (χ3v) is 14.2. The molecule has 0 aliphatic carbocycles. The van der Waals surface area contributed by atoms with Crippen LogP contribution in [0.3, 0.4) is 0 Å². The molecule has 0 saturated heterocycles. The van der Waals surface area contributed by atoms with Crippen LogP contribution in [0.25, 0.3) is 32.7 Å². The van der Waals surface area contributed by atoms with Crippen molar-refractivity contribution in [2.75, 3.05) is 0 Å². The molecule has 0 aromatic heterocycles. The van der Waals surface area contributed by atoms with Crippen LogP contribution in [0.1, 0.15) is 0 Å². The number of halogens is 2. The van der Waals surface area contributed by atoms with Crippen LogP contribution in [0, 0.1) is 6.07 Å². The van der Waals surface area contributed by atoms with Gasteiger partial charge in [-0.2, -0.15) is 36.4 Å². The summed E-state index contributed by atoms with van der Waals surface area (Å²) in [6.07, 6.45) is 0. The second kappa shape index (κ2) is 20.5. The van der Waals surface area contributed by atoms with Crippen molar-refractivity contribution in [3.8, 4) is 11.1 Å². The fourth-order valence-corrected chi connectivity index (χ4v) is 11.9. The summed E-state index contributed by atoms with van der Waals surface area (Å²) in [6, 6.07) is 84.3. The van der Waals surface area contributed by atoms with E-state index in [1.165, 1.54) is 64.5 Å². The zero-order valence-corrected chi connectivity index (χ0v) is 34.8. The van der Waals surface area contributed by atoms with Crippen LogP contribution in [0.5, 0.6) is 0 Å². The molecule has 0 heterocycles. The molecule has 0 bridgehead atoms. The maximum Gasteiger partial charge on any atom is -0.000884 e. The predicted octanol–water partition coefficient (Wildman–Crippen LogP) is 8.35. The first-order valence-electron chi connectivity index (χ1n) is 17.7. The number of hydrogen-bond donors (Lipinski definition) is 0. The van der Waals surface area contributed by atoms with Gasteiger partial charge in [-0.1, -0.05) is 194 Å². The Hall–Kier alpha value is -4.44. The summed E-state index contributed by atoms with van der Waals surface area (Å²) in [6.45, 7) is 0. The molecule has 9 aromatic carbocycles. The normalized spacial score (nSPS) is 10.5. The van der Waals surface area contributed by atoms with Gasteiger partial charge in [0.25, 0.3) is 0 Å². The molecule has 0 aliphatic rings. The van der Waals surface area contributed by atoms with Gasteiger partial charge in [-0.3, -0.25) is 0 Å². The minimum absolute atomic E-state index is 0. The summed E-state index contributed by atoms with van der Waals surface area (Å²) >= 11 is 2.02. The number of fused-ring (bicyclic) bond motifs is 2. The summed E-state index contributed by atoms with van der Waals surface area (Å²) < 4.78 is 0. The molecule has 0 aliphatic heterocycles. The molecule has 0 saturated carbocycles. The Morgan fingerprint density at radius 2 is 0.618 bits per heavy atom. The van der Waals surface area contributed by atoms with E-state index in [-0.39, 0.29) is 12.4 Å². The number of benzene rings is 9. The van der Waals surface area contributed by atoms with E-state index < -0.39 is 15.8 Å².